The van der Waals surface area contributed by atoms with Gasteiger partial charge in [0.05, 0.1) is 0 Å². The lowest BCUT2D eigenvalue weighted by molar-refractivity contribution is 0.0568. The van der Waals surface area contributed by atoms with Gasteiger partial charge in [-0.3, -0.25) is 9.78 Å². The Kier molecular flexibility index (Phi) is 5.07. The Morgan fingerprint density at radius 2 is 1.68 bits per heavy atom. The van der Waals surface area contributed by atoms with Crippen LogP contribution in [0.25, 0.3) is 0 Å². The van der Waals surface area contributed by atoms with Gasteiger partial charge in [-0.1, -0.05) is 32.0 Å². The second-order valence-electron chi connectivity index (χ2n) is 7.28. The zero-order valence-corrected chi connectivity index (χ0v) is 15.5. The van der Waals surface area contributed by atoms with Gasteiger partial charge in [0.2, 0.25) is 0 Å². The lowest BCUT2D eigenvalue weighted by Gasteiger charge is -2.45. The molecule has 1 saturated heterocycles. The fraction of sp³-hybridized carbons (Fsp3) is 0.429. The van der Waals surface area contributed by atoms with Gasteiger partial charge in [-0.05, 0) is 49.6 Å². The Morgan fingerprint density at radius 3 is 2.20 bits per heavy atom. The van der Waals surface area contributed by atoms with Crippen molar-refractivity contribution in [3.05, 3.63) is 59.9 Å². The van der Waals surface area contributed by atoms with E-state index in [-0.39, 0.29) is 18.0 Å². The standard InChI is InChI=1S/C21H27N3O/c1-15(2)18-8-10-19(11-9-18)23-13-16(3)24(17(4)14-23)21(25)20-7-5-6-12-22-20/h5-12,15-17H,13-14H2,1-4H3. The van der Waals surface area contributed by atoms with E-state index in [0.717, 1.165) is 13.1 Å². The molecule has 2 aromatic rings. The molecule has 1 aromatic heterocycles. The first-order chi connectivity index (χ1) is 12.0. The number of carbonyl (C=O) groups is 1. The maximum atomic E-state index is 12.8. The van der Waals surface area contributed by atoms with Gasteiger partial charge in [0.15, 0.2) is 0 Å². The number of benzene rings is 1. The molecule has 1 aliphatic rings. The minimum atomic E-state index is 0.0235. The summed E-state index contributed by atoms with van der Waals surface area (Å²) in [6, 6.07) is 14.6. The lowest BCUT2D eigenvalue weighted by atomic mass is 10.0. The highest BCUT2D eigenvalue weighted by atomic mass is 16.2. The van der Waals surface area contributed by atoms with Crippen LogP contribution in [0.3, 0.4) is 0 Å². The number of carbonyl (C=O) groups excluding carboxylic acids is 1. The molecule has 0 spiro atoms. The monoisotopic (exact) mass is 337 g/mol. The van der Waals surface area contributed by atoms with Gasteiger partial charge in [0.1, 0.15) is 5.69 Å². The zero-order valence-electron chi connectivity index (χ0n) is 15.5. The van der Waals surface area contributed by atoms with E-state index in [9.17, 15) is 4.79 Å². The van der Waals surface area contributed by atoms with Crippen molar-refractivity contribution in [2.75, 3.05) is 18.0 Å². The fourth-order valence-electron chi connectivity index (χ4n) is 3.63. The van der Waals surface area contributed by atoms with E-state index >= 15 is 0 Å². The highest BCUT2D eigenvalue weighted by Crippen LogP contribution is 2.25. The van der Waals surface area contributed by atoms with Gasteiger partial charge in [-0.25, -0.2) is 0 Å². The molecule has 0 aliphatic carbocycles. The summed E-state index contributed by atoms with van der Waals surface area (Å²) in [6.07, 6.45) is 1.68. The van der Waals surface area contributed by atoms with Crippen LogP contribution >= 0.6 is 0 Å². The summed E-state index contributed by atoms with van der Waals surface area (Å²) < 4.78 is 0. The maximum absolute atomic E-state index is 12.8. The summed E-state index contributed by atoms with van der Waals surface area (Å²) >= 11 is 0. The molecule has 3 rings (SSSR count). The predicted octanol–water partition coefficient (Wildman–Crippen LogP) is 3.94. The van der Waals surface area contributed by atoms with E-state index in [2.05, 4.69) is 61.8 Å². The molecule has 2 unspecified atom stereocenters. The van der Waals surface area contributed by atoms with Crippen LogP contribution in [0.15, 0.2) is 48.7 Å². The van der Waals surface area contributed by atoms with Crippen LogP contribution in [0.1, 0.15) is 49.7 Å². The number of hydrogen-bond donors (Lipinski definition) is 0. The minimum Gasteiger partial charge on any atom is -0.367 e. The van der Waals surface area contributed by atoms with Gasteiger partial charge in [-0.2, -0.15) is 0 Å². The average molecular weight is 337 g/mol. The third-order valence-corrected chi connectivity index (χ3v) is 4.96. The smallest absolute Gasteiger partial charge is 0.273 e. The van der Waals surface area contributed by atoms with Crippen molar-refractivity contribution in [2.45, 2.75) is 45.7 Å². The first-order valence-corrected chi connectivity index (χ1v) is 9.06. The number of hydrogen-bond acceptors (Lipinski definition) is 3. The van der Waals surface area contributed by atoms with E-state index in [1.54, 1.807) is 12.3 Å². The highest BCUT2D eigenvalue weighted by Gasteiger charge is 2.33. The zero-order chi connectivity index (χ0) is 18.0. The topological polar surface area (TPSA) is 36.4 Å². The molecule has 1 aliphatic heterocycles. The molecule has 0 saturated carbocycles. The molecule has 1 aromatic carbocycles. The second-order valence-corrected chi connectivity index (χ2v) is 7.28. The number of pyridine rings is 1. The molecule has 2 heterocycles. The Bertz CT molecular complexity index is 700. The summed E-state index contributed by atoms with van der Waals surface area (Å²) in [5.74, 6) is 0.565. The Hall–Kier alpha value is -2.36. The van der Waals surface area contributed by atoms with Crippen molar-refractivity contribution in [2.24, 2.45) is 0 Å². The Balaban J connectivity index is 1.74. The fourth-order valence-corrected chi connectivity index (χ4v) is 3.63. The molecular weight excluding hydrogens is 310 g/mol. The number of amides is 1. The summed E-state index contributed by atoms with van der Waals surface area (Å²) in [5, 5.41) is 0. The molecule has 4 nitrogen and oxygen atoms in total. The SMILES string of the molecule is CC(C)c1ccc(N2CC(C)N(C(=O)c3ccccn3)C(C)C2)cc1. The third-order valence-electron chi connectivity index (χ3n) is 4.96. The molecule has 4 heteroatoms. The van der Waals surface area contributed by atoms with Gasteiger partial charge in [-0.15, -0.1) is 0 Å². The van der Waals surface area contributed by atoms with E-state index in [4.69, 9.17) is 0 Å². The molecule has 2 atom stereocenters. The minimum absolute atomic E-state index is 0.0235. The number of anilines is 1. The van der Waals surface area contributed by atoms with E-state index in [1.165, 1.54) is 11.3 Å². The molecule has 0 bridgehead atoms. The van der Waals surface area contributed by atoms with Gasteiger partial charge in [0.25, 0.3) is 5.91 Å². The lowest BCUT2D eigenvalue weighted by Crippen LogP contribution is -2.58. The van der Waals surface area contributed by atoms with Gasteiger partial charge < -0.3 is 9.80 Å². The van der Waals surface area contributed by atoms with Crippen molar-refractivity contribution in [1.82, 2.24) is 9.88 Å². The number of rotatable bonds is 3. The number of piperazine rings is 1. The second kappa shape index (κ2) is 7.26. The Morgan fingerprint density at radius 1 is 1.04 bits per heavy atom. The van der Waals surface area contributed by atoms with Crippen molar-refractivity contribution in [1.29, 1.82) is 0 Å². The van der Waals surface area contributed by atoms with Gasteiger partial charge in [0, 0.05) is 37.1 Å². The largest absolute Gasteiger partial charge is 0.367 e. The molecule has 0 N–H and O–H groups in total. The quantitative estimate of drug-likeness (QED) is 0.851. The van der Waals surface area contributed by atoms with Crippen molar-refractivity contribution < 1.29 is 4.79 Å². The normalized spacial score (nSPS) is 20.8. The molecule has 1 fully saturated rings. The highest BCUT2D eigenvalue weighted by molar-refractivity contribution is 5.92. The third kappa shape index (κ3) is 3.68. The summed E-state index contributed by atoms with van der Waals surface area (Å²) in [6.45, 7) is 10.3. The van der Waals surface area contributed by atoms with Crippen molar-refractivity contribution in [3.63, 3.8) is 0 Å². The number of aromatic nitrogens is 1. The molecule has 0 radical (unpaired) electrons. The van der Waals surface area contributed by atoms with Crippen LogP contribution in [0, 0.1) is 0 Å². The van der Waals surface area contributed by atoms with Crippen LogP contribution < -0.4 is 4.90 Å². The molecule has 1 amide bonds. The van der Waals surface area contributed by atoms with Crippen LogP contribution in [-0.2, 0) is 0 Å². The van der Waals surface area contributed by atoms with Crippen LogP contribution in [0.5, 0.6) is 0 Å². The Labute approximate surface area is 150 Å². The first-order valence-electron chi connectivity index (χ1n) is 9.06. The predicted molar refractivity (Wildman–Crippen MR) is 102 cm³/mol. The summed E-state index contributed by atoms with van der Waals surface area (Å²) in [5.41, 5.74) is 3.11. The van der Waals surface area contributed by atoms with E-state index in [1.807, 2.05) is 17.0 Å². The maximum Gasteiger partial charge on any atom is 0.273 e. The summed E-state index contributed by atoms with van der Waals surface area (Å²) in [4.78, 5) is 21.4. The molecular formula is C21H27N3O. The van der Waals surface area contributed by atoms with Crippen LogP contribution in [-0.4, -0.2) is 41.0 Å². The van der Waals surface area contributed by atoms with Crippen LogP contribution in [0.2, 0.25) is 0 Å². The average Bonchev–Trinajstić information content (AvgIpc) is 2.61. The van der Waals surface area contributed by atoms with Crippen LogP contribution in [0.4, 0.5) is 5.69 Å². The van der Waals surface area contributed by atoms with Crippen molar-refractivity contribution >= 4 is 11.6 Å². The van der Waals surface area contributed by atoms with Crippen molar-refractivity contribution in [3.8, 4) is 0 Å². The van der Waals surface area contributed by atoms with Gasteiger partial charge >= 0.3 is 0 Å². The summed E-state index contributed by atoms with van der Waals surface area (Å²) in [7, 11) is 0. The van der Waals surface area contributed by atoms with E-state index < -0.39 is 0 Å². The first kappa shape index (κ1) is 17.5. The number of nitrogens with zero attached hydrogens (tertiary/aromatic N) is 3. The van der Waals surface area contributed by atoms with E-state index in [0.29, 0.717) is 11.6 Å². The molecule has 132 valence electrons. The molecule has 25 heavy (non-hydrogen) atoms.